The number of hydrogen-bond acceptors (Lipinski definition) is 2. The smallest absolute Gasteiger partial charge is 0.129 e. The molecule has 3 rings (SSSR count). The van der Waals surface area contributed by atoms with E-state index in [9.17, 15) is 4.39 Å². The molecule has 0 radical (unpaired) electrons. The first-order valence-corrected chi connectivity index (χ1v) is 6.72. The van der Waals surface area contributed by atoms with Crippen LogP contribution in [0.4, 0.5) is 10.2 Å². The van der Waals surface area contributed by atoms with E-state index in [1.54, 1.807) is 17.8 Å². The minimum atomic E-state index is -0.279. The van der Waals surface area contributed by atoms with Crippen molar-refractivity contribution in [1.82, 2.24) is 9.78 Å². The summed E-state index contributed by atoms with van der Waals surface area (Å²) in [6.45, 7) is 1.94. The van der Waals surface area contributed by atoms with Gasteiger partial charge in [0.15, 0.2) is 0 Å². The number of anilines is 1. The van der Waals surface area contributed by atoms with Gasteiger partial charge in [0.05, 0.1) is 5.56 Å². The average molecular weight is 281 g/mol. The molecule has 2 aromatic carbocycles. The van der Waals surface area contributed by atoms with Crippen LogP contribution in [0.2, 0.25) is 0 Å². The fraction of sp³-hybridized carbons (Fsp3) is 0.118. The third-order valence-electron chi connectivity index (χ3n) is 3.61. The fourth-order valence-electron chi connectivity index (χ4n) is 2.46. The summed E-state index contributed by atoms with van der Waals surface area (Å²) in [6, 6.07) is 14.5. The summed E-state index contributed by atoms with van der Waals surface area (Å²) in [7, 11) is 1.79. The molecule has 3 nitrogen and oxygen atoms in total. The lowest BCUT2D eigenvalue weighted by molar-refractivity contribution is 0.627. The number of nitrogens with two attached hydrogens (primary N) is 1. The minimum Gasteiger partial charge on any atom is -0.383 e. The summed E-state index contributed by atoms with van der Waals surface area (Å²) >= 11 is 0. The fourth-order valence-corrected chi connectivity index (χ4v) is 2.46. The third kappa shape index (κ3) is 2.29. The van der Waals surface area contributed by atoms with E-state index in [0.29, 0.717) is 11.5 Å². The number of halogens is 1. The molecular formula is C17H16FN3. The highest BCUT2D eigenvalue weighted by Crippen LogP contribution is 2.37. The molecule has 0 amide bonds. The van der Waals surface area contributed by atoms with Crippen LogP contribution in [0.3, 0.4) is 0 Å². The van der Waals surface area contributed by atoms with Crippen LogP contribution in [0, 0.1) is 12.7 Å². The highest BCUT2D eigenvalue weighted by molar-refractivity contribution is 5.88. The zero-order valence-corrected chi connectivity index (χ0v) is 12.0. The molecule has 0 atom stereocenters. The summed E-state index contributed by atoms with van der Waals surface area (Å²) in [5, 5.41) is 4.48. The predicted octanol–water partition coefficient (Wildman–Crippen LogP) is 3.78. The van der Waals surface area contributed by atoms with E-state index in [0.717, 1.165) is 22.3 Å². The number of nitrogens with zero attached hydrogens (tertiary/aromatic N) is 2. The molecule has 0 aliphatic rings. The predicted molar refractivity (Wildman–Crippen MR) is 83.2 cm³/mol. The van der Waals surface area contributed by atoms with Gasteiger partial charge in [-0.05, 0) is 30.2 Å². The molecule has 1 aromatic heterocycles. The van der Waals surface area contributed by atoms with Crippen molar-refractivity contribution in [1.29, 1.82) is 0 Å². The Bertz CT molecular complexity index is 791. The maximum absolute atomic E-state index is 13.6. The van der Waals surface area contributed by atoms with E-state index in [-0.39, 0.29) is 5.82 Å². The normalized spacial score (nSPS) is 10.8. The van der Waals surface area contributed by atoms with Gasteiger partial charge in [0.25, 0.3) is 0 Å². The molecule has 106 valence electrons. The van der Waals surface area contributed by atoms with E-state index in [4.69, 9.17) is 5.73 Å². The van der Waals surface area contributed by atoms with Crippen LogP contribution in [0.1, 0.15) is 5.56 Å². The van der Waals surface area contributed by atoms with Crippen LogP contribution in [-0.2, 0) is 7.05 Å². The van der Waals surface area contributed by atoms with Crippen LogP contribution in [0.15, 0.2) is 48.5 Å². The Morgan fingerprint density at radius 3 is 2.52 bits per heavy atom. The Kier molecular flexibility index (Phi) is 3.22. The van der Waals surface area contributed by atoms with Gasteiger partial charge in [-0.3, -0.25) is 4.68 Å². The second-order valence-electron chi connectivity index (χ2n) is 5.06. The first-order chi connectivity index (χ1) is 10.1. The maximum Gasteiger partial charge on any atom is 0.129 e. The van der Waals surface area contributed by atoms with Crippen molar-refractivity contribution in [3.05, 3.63) is 59.9 Å². The standard InChI is InChI=1S/C17H16FN3/c1-11-8-9-13(18)10-14(11)16-15(17(19)21(2)20-16)12-6-4-3-5-7-12/h3-10H,19H2,1-2H3. The first kappa shape index (κ1) is 13.4. The van der Waals surface area contributed by atoms with Crippen LogP contribution < -0.4 is 5.73 Å². The number of hydrogen-bond donors (Lipinski definition) is 1. The summed E-state index contributed by atoms with van der Waals surface area (Å²) in [5.74, 6) is 0.290. The zero-order valence-electron chi connectivity index (χ0n) is 12.0. The molecule has 0 unspecified atom stereocenters. The molecular weight excluding hydrogens is 265 g/mol. The lowest BCUT2D eigenvalue weighted by Crippen LogP contribution is -1.97. The number of rotatable bonds is 2. The molecule has 21 heavy (non-hydrogen) atoms. The summed E-state index contributed by atoms with van der Waals surface area (Å²) in [4.78, 5) is 0. The van der Waals surface area contributed by atoms with Gasteiger partial charge in [-0.1, -0.05) is 36.4 Å². The number of aromatic nitrogens is 2. The van der Waals surface area contributed by atoms with Crippen LogP contribution in [-0.4, -0.2) is 9.78 Å². The molecule has 0 bridgehead atoms. The van der Waals surface area contributed by atoms with Crippen molar-refractivity contribution < 1.29 is 4.39 Å². The van der Waals surface area contributed by atoms with E-state index >= 15 is 0 Å². The monoisotopic (exact) mass is 281 g/mol. The molecule has 4 heteroatoms. The molecule has 0 saturated heterocycles. The maximum atomic E-state index is 13.6. The quantitative estimate of drug-likeness (QED) is 0.776. The van der Waals surface area contributed by atoms with Crippen molar-refractivity contribution in [2.75, 3.05) is 5.73 Å². The van der Waals surface area contributed by atoms with Crippen molar-refractivity contribution >= 4 is 5.82 Å². The van der Waals surface area contributed by atoms with E-state index in [1.807, 2.05) is 37.3 Å². The highest BCUT2D eigenvalue weighted by Gasteiger charge is 2.18. The highest BCUT2D eigenvalue weighted by atomic mass is 19.1. The number of benzene rings is 2. The second kappa shape index (κ2) is 5.05. The van der Waals surface area contributed by atoms with Crippen LogP contribution >= 0.6 is 0 Å². The molecule has 1 heterocycles. The van der Waals surface area contributed by atoms with Gasteiger partial charge in [0.1, 0.15) is 17.3 Å². The summed E-state index contributed by atoms with van der Waals surface area (Å²) in [6.07, 6.45) is 0. The van der Waals surface area contributed by atoms with Gasteiger partial charge < -0.3 is 5.73 Å². The SMILES string of the molecule is Cc1ccc(F)cc1-c1nn(C)c(N)c1-c1ccccc1. The molecule has 0 saturated carbocycles. The Morgan fingerprint density at radius 1 is 1.10 bits per heavy atom. The van der Waals surface area contributed by atoms with Crippen molar-refractivity contribution in [2.45, 2.75) is 6.92 Å². The van der Waals surface area contributed by atoms with Gasteiger partial charge >= 0.3 is 0 Å². The number of nitrogen functional groups attached to an aromatic ring is 1. The van der Waals surface area contributed by atoms with Crippen LogP contribution in [0.5, 0.6) is 0 Å². The molecule has 0 spiro atoms. The molecule has 0 fully saturated rings. The zero-order chi connectivity index (χ0) is 15.0. The summed E-state index contributed by atoms with van der Waals surface area (Å²) < 4.78 is 15.2. The Morgan fingerprint density at radius 2 is 1.81 bits per heavy atom. The lowest BCUT2D eigenvalue weighted by atomic mass is 9.98. The lowest BCUT2D eigenvalue weighted by Gasteiger charge is -2.07. The van der Waals surface area contributed by atoms with E-state index in [2.05, 4.69) is 5.10 Å². The first-order valence-electron chi connectivity index (χ1n) is 6.72. The second-order valence-corrected chi connectivity index (χ2v) is 5.06. The third-order valence-corrected chi connectivity index (χ3v) is 3.61. The molecule has 2 N–H and O–H groups in total. The number of aryl methyl sites for hydroxylation is 2. The average Bonchev–Trinajstić information content (AvgIpc) is 2.78. The largest absolute Gasteiger partial charge is 0.383 e. The Balaban J connectivity index is 2.29. The van der Waals surface area contributed by atoms with E-state index < -0.39 is 0 Å². The van der Waals surface area contributed by atoms with Crippen molar-refractivity contribution in [3.63, 3.8) is 0 Å². The molecule has 0 aliphatic heterocycles. The minimum absolute atomic E-state index is 0.279. The topological polar surface area (TPSA) is 43.8 Å². The van der Waals surface area contributed by atoms with Crippen molar-refractivity contribution in [2.24, 2.45) is 7.05 Å². The van der Waals surface area contributed by atoms with Gasteiger partial charge in [0.2, 0.25) is 0 Å². The van der Waals surface area contributed by atoms with Gasteiger partial charge in [-0.15, -0.1) is 0 Å². The Hall–Kier alpha value is -2.62. The van der Waals surface area contributed by atoms with Gasteiger partial charge in [-0.25, -0.2) is 4.39 Å². The Labute approximate surface area is 122 Å². The molecule has 0 aliphatic carbocycles. The van der Waals surface area contributed by atoms with Gasteiger partial charge in [0, 0.05) is 12.6 Å². The summed E-state index contributed by atoms with van der Waals surface area (Å²) in [5.41, 5.74) is 10.4. The van der Waals surface area contributed by atoms with Crippen LogP contribution in [0.25, 0.3) is 22.4 Å². The van der Waals surface area contributed by atoms with Gasteiger partial charge in [-0.2, -0.15) is 5.10 Å². The van der Waals surface area contributed by atoms with Crippen molar-refractivity contribution in [3.8, 4) is 22.4 Å². The molecule has 3 aromatic rings. The van der Waals surface area contributed by atoms with E-state index in [1.165, 1.54) is 12.1 Å².